The molecule has 0 aromatic heterocycles. The predicted octanol–water partition coefficient (Wildman–Crippen LogP) is 3.75. The summed E-state index contributed by atoms with van der Waals surface area (Å²) >= 11 is 0. The highest BCUT2D eigenvalue weighted by atomic mass is 19.4. The van der Waals surface area contributed by atoms with Crippen molar-refractivity contribution < 1.29 is 46.6 Å². The molecule has 0 saturated heterocycles. The second kappa shape index (κ2) is 16.6. The number of halogens is 3. The number of alkyl halides is 3. The first kappa shape index (κ1) is 36.2. The second-order valence-corrected chi connectivity index (χ2v) is 11.0. The van der Waals surface area contributed by atoms with Gasteiger partial charge in [0, 0.05) is 6.54 Å². The van der Waals surface area contributed by atoms with E-state index in [1.807, 2.05) is 5.32 Å². The molecule has 0 heterocycles. The molecule has 1 aromatic rings. The monoisotopic (exact) mass is 602 g/mol. The quantitative estimate of drug-likeness (QED) is 0.237. The third kappa shape index (κ3) is 14.2. The summed E-state index contributed by atoms with van der Waals surface area (Å²) in [5.74, 6) is -4.39. The van der Waals surface area contributed by atoms with Crippen molar-refractivity contribution in [2.24, 2.45) is 5.92 Å². The largest absolute Gasteiger partial charge is 0.452 e. The average Bonchev–Trinajstić information content (AvgIpc) is 2.87. The third-order valence-corrected chi connectivity index (χ3v) is 5.69. The zero-order valence-electron chi connectivity index (χ0n) is 24.7. The molecule has 4 N–H and O–H groups in total. The van der Waals surface area contributed by atoms with Crippen molar-refractivity contribution in [2.45, 2.75) is 97.3 Å². The van der Waals surface area contributed by atoms with E-state index in [1.54, 1.807) is 65.0 Å². The van der Waals surface area contributed by atoms with Gasteiger partial charge in [0.1, 0.15) is 24.3 Å². The molecule has 0 fully saturated rings. The van der Waals surface area contributed by atoms with Crippen LogP contribution < -0.4 is 21.3 Å². The zero-order valence-corrected chi connectivity index (χ0v) is 24.7. The number of alkyl carbamates (subject to hydrolysis) is 2. The Labute approximate surface area is 243 Å². The fraction of sp³-hybridized carbons (Fsp3) is 0.607. The van der Waals surface area contributed by atoms with Crippen LogP contribution in [0.15, 0.2) is 30.3 Å². The summed E-state index contributed by atoms with van der Waals surface area (Å²) in [6.45, 7) is 9.39. The van der Waals surface area contributed by atoms with Crippen molar-refractivity contribution in [1.82, 2.24) is 21.3 Å². The van der Waals surface area contributed by atoms with Gasteiger partial charge in [0.15, 0.2) is 0 Å². The van der Waals surface area contributed by atoms with E-state index in [9.17, 15) is 37.1 Å². The molecule has 3 atom stereocenters. The summed E-state index contributed by atoms with van der Waals surface area (Å²) in [5, 5.41) is 9.46. The van der Waals surface area contributed by atoms with E-state index in [2.05, 4.69) is 16.0 Å². The molecule has 1 unspecified atom stereocenters. The van der Waals surface area contributed by atoms with Crippen molar-refractivity contribution in [3.05, 3.63) is 35.9 Å². The van der Waals surface area contributed by atoms with Crippen molar-refractivity contribution in [1.29, 1.82) is 0 Å². The van der Waals surface area contributed by atoms with Gasteiger partial charge in [0.05, 0.1) is 6.04 Å². The molecule has 11 nitrogen and oxygen atoms in total. The molecular weight excluding hydrogens is 561 g/mol. The smallest absolute Gasteiger partial charge is 0.445 e. The van der Waals surface area contributed by atoms with Crippen LogP contribution in [0.1, 0.15) is 66.4 Å². The number of carbonyl (C=O) groups is 5. The molecule has 1 rings (SSSR count). The van der Waals surface area contributed by atoms with Crippen LogP contribution >= 0.6 is 0 Å². The fourth-order valence-corrected chi connectivity index (χ4v) is 3.56. The highest BCUT2D eigenvalue weighted by Crippen LogP contribution is 2.18. The number of ketones is 1. The lowest BCUT2D eigenvalue weighted by molar-refractivity contribution is -0.173. The number of Topliss-reactive ketones (excluding diaryl/α,β-unsaturated/α-hetero) is 1. The summed E-state index contributed by atoms with van der Waals surface area (Å²) < 4.78 is 48.8. The maximum Gasteiger partial charge on any atom is 0.452 e. The van der Waals surface area contributed by atoms with Crippen LogP contribution in [0.2, 0.25) is 0 Å². The van der Waals surface area contributed by atoms with Gasteiger partial charge in [-0.3, -0.25) is 14.4 Å². The maximum atomic E-state index is 13.1. The van der Waals surface area contributed by atoms with Crippen LogP contribution in [0.4, 0.5) is 22.8 Å². The first-order valence-corrected chi connectivity index (χ1v) is 13.6. The highest BCUT2D eigenvalue weighted by molar-refractivity contribution is 5.95. The molecule has 0 aliphatic heterocycles. The zero-order chi connectivity index (χ0) is 32.1. The number of hydrogen-bond acceptors (Lipinski definition) is 7. The van der Waals surface area contributed by atoms with Crippen molar-refractivity contribution in [2.75, 3.05) is 6.54 Å². The first-order chi connectivity index (χ1) is 19.4. The van der Waals surface area contributed by atoms with Gasteiger partial charge in [-0.25, -0.2) is 9.59 Å². The number of amides is 4. The number of carbonyl (C=O) groups excluding carboxylic acids is 5. The van der Waals surface area contributed by atoms with Crippen LogP contribution in [-0.2, 0) is 30.5 Å². The number of nitrogens with one attached hydrogen (secondary N) is 4. The maximum absolute atomic E-state index is 13.1. The standard InChI is InChI=1S/C28H41F3N4O7/c1-17(2)21(35-26(40)41-16-19-12-8-7-9-13-19)24(38)34-20(23(37)33-18(3)22(36)28(29,30)31)14-10-11-15-32-25(39)42-27(4,5)6/h7-9,12-13,17-18,20-21H,10-11,14-16H2,1-6H3,(H,32,39)(H,33,37)(H,34,38)(H,35,40)/t18?,20-,21-/m0/s1. The van der Waals surface area contributed by atoms with E-state index in [-0.39, 0.29) is 26.0 Å². The van der Waals surface area contributed by atoms with Gasteiger partial charge in [0.2, 0.25) is 11.8 Å². The van der Waals surface area contributed by atoms with Crippen LogP contribution in [0, 0.1) is 5.92 Å². The van der Waals surface area contributed by atoms with E-state index in [1.165, 1.54) is 0 Å². The molecule has 0 spiro atoms. The minimum atomic E-state index is -5.16. The van der Waals surface area contributed by atoms with Gasteiger partial charge in [0.25, 0.3) is 5.78 Å². The molecule has 0 aliphatic carbocycles. The number of benzene rings is 1. The minimum Gasteiger partial charge on any atom is -0.445 e. The fourth-order valence-electron chi connectivity index (χ4n) is 3.56. The Bertz CT molecular complexity index is 1060. The van der Waals surface area contributed by atoms with Gasteiger partial charge in [-0.15, -0.1) is 0 Å². The molecule has 42 heavy (non-hydrogen) atoms. The summed E-state index contributed by atoms with van der Waals surface area (Å²) in [4.78, 5) is 61.7. The average molecular weight is 603 g/mol. The molecule has 14 heteroatoms. The number of ether oxygens (including phenoxy) is 2. The lowest BCUT2D eigenvalue weighted by atomic mass is 10.0. The molecule has 0 bridgehead atoms. The number of rotatable bonds is 14. The van der Waals surface area contributed by atoms with Gasteiger partial charge in [-0.1, -0.05) is 44.2 Å². The number of hydrogen-bond donors (Lipinski definition) is 4. The topological polar surface area (TPSA) is 152 Å². The summed E-state index contributed by atoms with van der Waals surface area (Å²) in [7, 11) is 0. The summed E-state index contributed by atoms with van der Waals surface area (Å²) in [5.41, 5.74) is 0.0236. The van der Waals surface area contributed by atoms with Gasteiger partial charge in [-0.2, -0.15) is 13.2 Å². The molecular formula is C28H41F3N4O7. The van der Waals surface area contributed by atoms with Crippen molar-refractivity contribution >= 4 is 29.8 Å². The van der Waals surface area contributed by atoms with Gasteiger partial charge < -0.3 is 30.7 Å². The summed E-state index contributed by atoms with van der Waals surface area (Å²) in [6, 6.07) is 4.45. The molecule has 0 radical (unpaired) electrons. The molecule has 236 valence electrons. The van der Waals surface area contributed by atoms with Crippen LogP contribution in [0.25, 0.3) is 0 Å². The summed E-state index contributed by atoms with van der Waals surface area (Å²) in [6.07, 6.45) is -6.13. The Morgan fingerprint density at radius 1 is 0.833 bits per heavy atom. The first-order valence-electron chi connectivity index (χ1n) is 13.6. The lowest BCUT2D eigenvalue weighted by Gasteiger charge is -2.26. The normalized spacial score (nSPS) is 13.8. The van der Waals surface area contributed by atoms with Crippen LogP contribution in [0.3, 0.4) is 0 Å². The van der Waals surface area contributed by atoms with E-state index in [0.717, 1.165) is 12.5 Å². The third-order valence-electron chi connectivity index (χ3n) is 5.69. The SMILES string of the molecule is CC(NC(=O)[C@H](CCCCNC(=O)OC(C)(C)C)NC(=O)[C@@H](NC(=O)OCc1ccccc1)C(C)C)C(=O)C(F)(F)F. The Balaban J connectivity index is 2.87. The molecule has 4 amide bonds. The van der Waals surface area contributed by atoms with E-state index >= 15 is 0 Å². The van der Waals surface area contributed by atoms with Crippen LogP contribution in [0.5, 0.6) is 0 Å². The van der Waals surface area contributed by atoms with Crippen molar-refractivity contribution in [3.8, 4) is 0 Å². The lowest BCUT2D eigenvalue weighted by Crippen LogP contribution is -2.57. The van der Waals surface area contributed by atoms with Gasteiger partial charge in [-0.05, 0) is 58.4 Å². The number of unbranched alkanes of at least 4 members (excludes halogenated alkanes) is 1. The van der Waals surface area contributed by atoms with Gasteiger partial charge >= 0.3 is 18.4 Å². The van der Waals surface area contributed by atoms with Crippen LogP contribution in [-0.4, -0.2) is 66.2 Å². The minimum absolute atomic E-state index is 0.0379. The Morgan fingerprint density at radius 2 is 1.45 bits per heavy atom. The Kier molecular flexibility index (Phi) is 14.3. The van der Waals surface area contributed by atoms with E-state index in [4.69, 9.17) is 9.47 Å². The predicted molar refractivity (Wildman–Crippen MR) is 147 cm³/mol. The molecule has 0 aliphatic rings. The Hall–Kier alpha value is -3.84. The second-order valence-electron chi connectivity index (χ2n) is 11.0. The molecule has 0 saturated carbocycles. The Morgan fingerprint density at radius 3 is 2.00 bits per heavy atom. The highest BCUT2D eigenvalue weighted by Gasteiger charge is 2.42. The van der Waals surface area contributed by atoms with E-state index < -0.39 is 65.6 Å². The van der Waals surface area contributed by atoms with E-state index in [0.29, 0.717) is 6.42 Å². The molecule has 1 aromatic carbocycles. The van der Waals surface area contributed by atoms with Crippen molar-refractivity contribution in [3.63, 3.8) is 0 Å².